The Labute approximate surface area is 403 Å². The largest absolute Gasteiger partial charge is 0.479 e. The number of carbonyl (C=O) groups is 4. The molecule has 25 heteroatoms. The number of rotatable bonds is 19. The highest BCUT2D eigenvalue weighted by atomic mass is 35.5. The number of aromatic amines is 2. The van der Waals surface area contributed by atoms with E-state index in [1.54, 1.807) is 48.5 Å². The second-order valence-corrected chi connectivity index (χ2v) is 16.6. The summed E-state index contributed by atoms with van der Waals surface area (Å²) in [6, 6.07) is 22.1. The SMILES string of the molecule is CC(C)CO.CC(C)COC(=O)[C@H](O)CN(Cc1ccc(-c2cc(Cl)ccc2F)cc1)NC(=O)c1nn[nH]n1.O=C(NN(Cc1ccc(-c2cc(Cl)ccc2F)cc1)C[C@@H](O)C(=O)O)c1nn[nH]n1. The zero-order valence-corrected chi connectivity index (χ0v) is 39.1. The third-order valence-electron chi connectivity index (χ3n) is 9.02. The normalized spacial score (nSPS) is 11.9. The van der Waals surface area contributed by atoms with Crippen LogP contribution < -0.4 is 10.9 Å². The number of amides is 2. The van der Waals surface area contributed by atoms with Crippen molar-refractivity contribution in [2.24, 2.45) is 11.8 Å². The minimum Gasteiger partial charge on any atom is -0.479 e. The second kappa shape index (κ2) is 27.2. The molecule has 0 unspecified atom stereocenters. The smallest absolute Gasteiger partial charge is 0.336 e. The molecule has 2 heterocycles. The number of esters is 1. The first-order valence-corrected chi connectivity index (χ1v) is 21.6. The molecule has 8 N–H and O–H groups in total. The molecule has 21 nitrogen and oxygen atoms in total. The monoisotopic (exact) mass is 998 g/mol. The predicted octanol–water partition coefficient (Wildman–Crippen LogP) is 4.25. The molecule has 0 aliphatic carbocycles. The zero-order chi connectivity index (χ0) is 50.6. The van der Waals surface area contributed by atoms with Gasteiger partial charge in [0.1, 0.15) is 11.6 Å². The first-order valence-electron chi connectivity index (χ1n) is 20.9. The molecule has 6 rings (SSSR count). The number of aliphatic hydroxyl groups excluding tert-OH is 3. The van der Waals surface area contributed by atoms with E-state index < -0.39 is 54.1 Å². The molecule has 2 amide bonds. The van der Waals surface area contributed by atoms with Crippen LogP contribution in [-0.2, 0) is 27.4 Å². The van der Waals surface area contributed by atoms with Crippen LogP contribution in [0, 0.1) is 23.5 Å². The highest BCUT2D eigenvalue weighted by Crippen LogP contribution is 2.28. The van der Waals surface area contributed by atoms with E-state index >= 15 is 0 Å². The van der Waals surface area contributed by atoms with Crippen LogP contribution in [0.4, 0.5) is 8.78 Å². The van der Waals surface area contributed by atoms with Crippen molar-refractivity contribution in [3.8, 4) is 22.3 Å². The minimum absolute atomic E-state index is 0.0479. The fraction of sp³-hybridized carbons (Fsp3) is 0.318. The first kappa shape index (κ1) is 54.7. The van der Waals surface area contributed by atoms with E-state index in [-0.39, 0.29) is 43.8 Å². The standard InChI is InChI=1S/C22H24ClFN6O4.C18H16ClFN6O4.C4H10O/c1-13(2)12-34-22(33)19(31)11-30(27-21(32)20-25-28-29-26-20)10-14-3-5-15(6-4-14)17-9-16(23)7-8-18(17)24;19-12-5-6-14(20)13(7-12)11-3-1-10(2-4-11)8-26(9-15(27)18(29)30)23-17(28)16-21-24-25-22-16;1-4(2)3-5/h3-9,13,19,31H,10-12H2,1-2H3,(H,27,32)(H,25,26,28,29);1-7,15,27H,8-9H2,(H,23,28)(H,29,30)(H,21,22,24,25);4-5H,3H2,1-2H3/t19-;15-;/m11./s1. The van der Waals surface area contributed by atoms with Crippen molar-refractivity contribution in [1.82, 2.24) is 62.1 Å². The van der Waals surface area contributed by atoms with Crippen LogP contribution in [0.5, 0.6) is 0 Å². The van der Waals surface area contributed by atoms with Gasteiger partial charge in [0.25, 0.3) is 11.6 Å². The number of aromatic nitrogens is 8. The fourth-order valence-corrected chi connectivity index (χ4v) is 5.92. The van der Waals surface area contributed by atoms with Crippen molar-refractivity contribution in [3.63, 3.8) is 0 Å². The number of nitrogens with zero attached hydrogens (tertiary/aromatic N) is 8. The average molecular weight is 1000 g/mol. The van der Waals surface area contributed by atoms with Crippen LogP contribution in [-0.4, -0.2) is 134 Å². The summed E-state index contributed by atoms with van der Waals surface area (Å²) in [6.45, 7) is 7.65. The Hall–Kier alpha value is -6.86. The number of hydrogen-bond donors (Lipinski definition) is 8. The van der Waals surface area contributed by atoms with Crippen LogP contribution in [0.1, 0.15) is 60.1 Å². The second-order valence-electron chi connectivity index (χ2n) is 15.7. The molecular weight excluding hydrogens is 949 g/mol. The molecule has 0 saturated heterocycles. The third-order valence-corrected chi connectivity index (χ3v) is 9.49. The van der Waals surface area contributed by atoms with Gasteiger partial charge in [-0.05, 0) is 80.9 Å². The minimum atomic E-state index is -1.74. The summed E-state index contributed by atoms with van der Waals surface area (Å²) in [5, 5.41) is 65.6. The van der Waals surface area contributed by atoms with Crippen LogP contribution in [0.3, 0.4) is 0 Å². The molecule has 0 bridgehead atoms. The van der Waals surface area contributed by atoms with E-state index in [0.717, 1.165) is 0 Å². The van der Waals surface area contributed by atoms with E-state index in [1.165, 1.54) is 46.4 Å². The maximum absolute atomic E-state index is 14.2. The lowest BCUT2D eigenvalue weighted by molar-refractivity contribution is -0.156. The lowest BCUT2D eigenvalue weighted by atomic mass is 10.0. The summed E-state index contributed by atoms with van der Waals surface area (Å²) in [6.07, 6.45) is -3.25. The molecule has 368 valence electrons. The van der Waals surface area contributed by atoms with Crippen LogP contribution >= 0.6 is 23.2 Å². The topological polar surface area (TPSA) is 298 Å². The van der Waals surface area contributed by atoms with Gasteiger partial charge in [0, 0.05) is 40.9 Å². The van der Waals surface area contributed by atoms with E-state index in [9.17, 15) is 38.2 Å². The van der Waals surface area contributed by atoms with Gasteiger partial charge in [-0.2, -0.15) is 10.4 Å². The van der Waals surface area contributed by atoms with Gasteiger partial charge >= 0.3 is 23.8 Å². The number of carboxylic acid groups (broad SMARTS) is 1. The Morgan fingerprint density at radius 3 is 1.42 bits per heavy atom. The molecule has 0 saturated carbocycles. The summed E-state index contributed by atoms with van der Waals surface area (Å²) in [5.74, 6) is -4.43. The molecule has 0 aliphatic heterocycles. The summed E-state index contributed by atoms with van der Waals surface area (Å²) in [4.78, 5) is 47.6. The van der Waals surface area contributed by atoms with Crippen molar-refractivity contribution in [2.45, 2.75) is 53.0 Å². The van der Waals surface area contributed by atoms with Gasteiger partial charge in [-0.15, -0.1) is 20.4 Å². The van der Waals surface area contributed by atoms with Gasteiger partial charge in [0.2, 0.25) is 0 Å². The third kappa shape index (κ3) is 18.3. The Bertz CT molecular complexity index is 2560. The van der Waals surface area contributed by atoms with E-state index in [4.69, 9.17) is 38.2 Å². The summed E-state index contributed by atoms with van der Waals surface area (Å²) in [7, 11) is 0. The number of benzene rings is 4. The van der Waals surface area contributed by atoms with Crippen molar-refractivity contribution in [2.75, 3.05) is 26.3 Å². The van der Waals surface area contributed by atoms with Gasteiger partial charge < -0.3 is 25.2 Å². The molecule has 6 aromatic rings. The number of carbonyl (C=O) groups excluding carboxylic acids is 3. The average Bonchev–Trinajstić information content (AvgIpc) is 4.08. The number of aliphatic hydroxyl groups is 3. The lowest BCUT2D eigenvalue weighted by Gasteiger charge is -2.24. The van der Waals surface area contributed by atoms with Crippen molar-refractivity contribution in [3.05, 3.63) is 129 Å². The molecule has 69 heavy (non-hydrogen) atoms. The lowest BCUT2D eigenvalue weighted by Crippen LogP contribution is -2.48. The highest BCUT2D eigenvalue weighted by molar-refractivity contribution is 6.31. The van der Waals surface area contributed by atoms with Gasteiger partial charge in [0.15, 0.2) is 12.2 Å². The quantitative estimate of drug-likeness (QED) is 0.0416. The molecule has 0 fully saturated rings. The van der Waals surface area contributed by atoms with Gasteiger partial charge in [-0.1, -0.05) is 99.4 Å². The van der Waals surface area contributed by atoms with E-state index in [2.05, 4.69) is 52.1 Å². The molecule has 0 aliphatic rings. The summed E-state index contributed by atoms with van der Waals surface area (Å²) < 4.78 is 33.3. The number of halogens is 4. The Morgan fingerprint density at radius 1 is 0.667 bits per heavy atom. The van der Waals surface area contributed by atoms with Crippen molar-refractivity contribution >= 4 is 47.0 Å². The van der Waals surface area contributed by atoms with Crippen LogP contribution in [0.15, 0.2) is 84.9 Å². The number of H-pyrrole nitrogens is 2. The molecule has 0 radical (unpaired) electrons. The number of hydrazine groups is 2. The molecular formula is C44H50Cl2F2N12O9. The fourth-order valence-electron chi connectivity index (χ4n) is 5.58. The number of tetrazole rings is 2. The number of carboxylic acids is 1. The van der Waals surface area contributed by atoms with Gasteiger partial charge in [0.05, 0.1) is 19.7 Å². The number of ether oxygens (including phenoxy) is 1. The van der Waals surface area contributed by atoms with Gasteiger partial charge in [-0.3, -0.25) is 20.4 Å². The van der Waals surface area contributed by atoms with Crippen molar-refractivity contribution in [1.29, 1.82) is 0 Å². The van der Waals surface area contributed by atoms with E-state index in [1.807, 2.05) is 27.7 Å². The van der Waals surface area contributed by atoms with Crippen molar-refractivity contribution < 1.29 is 53.1 Å². The number of aliphatic carboxylic acids is 1. The highest BCUT2D eigenvalue weighted by Gasteiger charge is 2.25. The molecule has 2 atom stereocenters. The Morgan fingerprint density at radius 2 is 1.07 bits per heavy atom. The predicted molar refractivity (Wildman–Crippen MR) is 245 cm³/mol. The molecule has 4 aromatic carbocycles. The Balaban J connectivity index is 0.000000275. The maximum Gasteiger partial charge on any atom is 0.336 e. The summed E-state index contributed by atoms with van der Waals surface area (Å²) >= 11 is 11.9. The first-order chi connectivity index (χ1) is 32.8. The number of nitrogens with one attached hydrogen (secondary N) is 4. The zero-order valence-electron chi connectivity index (χ0n) is 37.6. The molecule has 2 aromatic heterocycles. The Kier molecular flexibility index (Phi) is 21.6. The van der Waals surface area contributed by atoms with E-state index in [0.29, 0.717) is 56.0 Å². The molecule has 0 spiro atoms. The van der Waals surface area contributed by atoms with Crippen LogP contribution in [0.2, 0.25) is 10.0 Å². The number of hydrogen-bond acceptors (Lipinski definition) is 16. The maximum atomic E-state index is 14.2. The summed E-state index contributed by atoms with van der Waals surface area (Å²) in [5.41, 5.74) is 8.23. The van der Waals surface area contributed by atoms with Gasteiger partial charge in [-0.25, -0.2) is 28.4 Å². The van der Waals surface area contributed by atoms with Crippen LogP contribution in [0.25, 0.3) is 22.3 Å².